The van der Waals surface area contributed by atoms with Gasteiger partial charge < -0.3 is 14.2 Å². The first-order valence-electron chi connectivity index (χ1n) is 8.71. The summed E-state index contributed by atoms with van der Waals surface area (Å²) in [6.45, 7) is 8.03. The molecule has 2 rings (SSSR count). The third kappa shape index (κ3) is 4.79. The van der Waals surface area contributed by atoms with Crippen LogP contribution in [-0.2, 0) is 11.3 Å². The zero-order valence-corrected chi connectivity index (χ0v) is 15.2. The Balaban J connectivity index is 2.15. The second-order valence-electron chi connectivity index (χ2n) is 5.87. The Bertz CT molecular complexity index is 746. The number of esters is 1. The van der Waals surface area contributed by atoms with Crippen LogP contribution in [0.25, 0.3) is 11.1 Å². The lowest BCUT2D eigenvalue weighted by atomic mass is 10.1. The number of aromatic nitrogens is 1. The number of benzene rings is 1. The molecule has 0 fully saturated rings. The predicted octanol–water partition coefficient (Wildman–Crippen LogP) is 3.03. The van der Waals surface area contributed by atoms with E-state index >= 15 is 0 Å². The molecule has 0 atom stereocenters. The molecular weight excluding hydrogens is 316 g/mol. The lowest BCUT2D eigenvalue weighted by Gasteiger charge is -2.18. The van der Waals surface area contributed by atoms with Crippen molar-refractivity contribution in [2.45, 2.75) is 26.8 Å². The van der Waals surface area contributed by atoms with Crippen LogP contribution in [0, 0.1) is 0 Å². The molecule has 2 aromatic rings. The van der Waals surface area contributed by atoms with E-state index in [4.69, 9.17) is 4.74 Å². The van der Waals surface area contributed by atoms with Gasteiger partial charge in [-0.3, -0.25) is 4.79 Å². The summed E-state index contributed by atoms with van der Waals surface area (Å²) < 4.78 is 6.45. The Morgan fingerprint density at radius 3 is 2.40 bits per heavy atom. The Labute approximate surface area is 148 Å². The summed E-state index contributed by atoms with van der Waals surface area (Å²) in [5.41, 5.74) is 1.91. The fourth-order valence-electron chi connectivity index (χ4n) is 2.84. The number of ether oxygens (including phenoxy) is 1. The van der Waals surface area contributed by atoms with Gasteiger partial charge in [-0.15, -0.1) is 0 Å². The number of aryl methyl sites for hydroxylation is 1. The SMILES string of the molecule is CCN(CC)CCCn1cccc(-c2ccc(C(=O)OC)cc2)c1=O. The molecule has 1 aromatic heterocycles. The first kappa shape index (κ1) is 18.9. The highest BCUT2D eigenvalue weighted by Crippen LogP contribution is 2.16. The number of nitrogens with zero attached hydrogens (tertiary/aromatic N) is 2. The van der Waals surface area contributed by atoms with Gasteiger partial charge in [0.2, 0.25) is 0 Å². The summed E-state index contributed by atoms with van der Waals surface area (Å²) in [6, 6.07) is 10.6. The Morgan fingerprint density at radius 1 is 1.12 bits per heavy atom. The van der Waals surface area contributed by atoms with Crippen molar-refractivity contribution >= 4 is 5.97 Å². The maximum Gasteiger partial charge on any atom is 0.337 e. The van der Waals surface area contributed by atoms with Gasteiger partial charge in [-0.1, -0.05) is 26.0 Å². The first-order chi connectivity index (χ1) is 12.1. The van der Waals surface area contributed by atoms with Crippen molar-refractivity contribution in [1.29, 1.82) is 0 Å². The highest BCUT2D eigenvalue weighted by molar-refractivity contribution is 5.89. The third-order valence-electron chi connectivity index (χ3n) is 4.40. The molecule has 0 aliphatic carbocycles. The van der Waals surface area contributed by atoms with Gasteiger partial charge in [0.25, 0.3) is 5.56 Å². The number of hydrogen-bond donors (Lipinski definition) is 0. The summed E-state index contributed by atoms with van der Waals surface area (Å²) in [6.07, 6.45) is 2.77. The molecule has 0 spiro atoms. The molecule has 5 heteroatoms. The fourth-order valence-corrected chi connectivity index (χ4v) is 2.84. The number of carbonyl (C=O) groups excluding carboxylic acids is 1. The minimum absolute atomic E-state index is 0.00661. The van der Waals surface area contributed by atoms with Gasteiger partial charge in [0.1, 0.15) is 0 Å². The van der Waals surface area contributed by atoms with Crippen LogP contribution >= 0.6 is 0 Å². The van der Waals surface area contributed by atoms with E-state index in [2.05, 4.69) is 18.7 Å². The van der Waals surface area contributed by atoms with Gasteiger partial charge in [0, 0.05) is 18.3 Å². The van der Waals surface area contributed by atoms with Crippen LogP contribution in [0.5, 0.6) is 0 Å². The number of carbonyl (C=O) groups is 1. The maximum absolute atomic E-state index is 12.7. The highest BCUT2D eigenvalue weighted by Gasteiger charge is 2.09. The van der Waals surface area contributed by atoms with Crippen molar-refractivity contribution < 1.29 is 9.53 Å². The standard InChI is InChI=1S/C20H26N2O3/c1-4-21(5-2)13-7-15-22-14-6-8-18(19(22)23)16-9-11-17(12-10-16)20(24)25-3/h6,8-12,14H,4-5,7,13,15H2,1-3H3. The molecule has 5 nitrogen and oxygen atoms in total. The molecule has 0 saturated carbocycles. The van der Waals surface area contributed by atoms with Crippen LogP contribution in [-0.4, -0.2) is 42.2 Å². The Hall–Kier alpha value is -2.40. The van der Waals surface area contributed by atoms with E-state index in [1.165, 1.54) is 7.11 Å². The molecule has 25 heavy (non-hydrogen) atoms. The van der Waals surface area contributed by atoms with Crippen LogP contribution in [0.3, 0.4) is 0 Å². The molecule has 0 bridgehead atoms. The molecule has 0 saturated heterocycles. The van der Waals surface area contributed by atoms with E-state index < -0.39 is 0 Å². The van der Waals surface area contributed by atoms with E-state index in [9.17, 15) is 9.59 Å². The maximum atomic E-state index is 12.7. The molecule has 0 aliphatic rings. The summed E-state index contributed by atoms with van der Waals surface area (Å²) >= 11 is 0. The lowest BCUT2D eigenvalue weighted by molar-refractivity contribution is 0.0601. The average molecular weight is 342 g/mol. The minimum Gasteiger partial charge on any atom is -0.465 e. The van der Waals surface area contributed by atoms with Gasteiger partial charge in [-0.05, 0) is 55.9 Å². The summed E-state index contributed by atoms with van der Waals surface area (Å²) in [5.74, 6) is -0.381. The average Bonchev–Trinajstić information content (AvgIpc) is 2.66. The van der Waals surface area contributed by atoms with E-state index in [1.807, 2.05) is 18.3 Å². The van der Waals surface area contributed by atoms with Gasteiger partial charge in [0.05, 0.1) is 12.7 Å². The molecule has 1 aromatic carbocycles. The number of hydrogen-bond acceptors (Lipinski definition) is 4. The number of rotatable bonds is 8. The zero-order valence-electron chi connectivity index (χ0n) is 15.2. The van der Waals surface area contributed by atoms with Crippen molar-refractivity contribution in [3.8, 4) is 11.1 Å². The first-order valence-corrected chi connectivity index (χ1v) is 8.71. The summed E-state index contributed by atoms with van der Waals surface area (Å²) in [5, 5.41) is 0. The summed E-state index contributed by atoms with van der Waals surface area (Å²) in [4.78, 5) is 26.6. The summed E-state index contributed by atoms with van der Waals surface area (Å²) in [7, 11) is 1.35. The second-order valence-corrected chi connectivity index (χ2v) is 5.87. The topological polar surface area (TPSA) is 51.5 Å². The van der Waals surface area contributed by atoms with Gasteiger partial charge in [0.15, 0.2) is 0 Å². The smallest absolute Gasteiger partial charge is 0.337 e. The normalized spacial score (nSPS) is 10.9. The minimum atomic E-state index is -0.381. The van der Waals surface area contributed by atoms with E-state index in [0.29, 0.717) is 17.7 Å². The lowest BCUT2D eigenvalue weighted by Crippen LogP contribution is -2.27. The molecule has 1 heterocycles. The molecule has 0 unspecified atom stereocenters. The molecule has 0 amide bonds. The van der Waals surface area contributed by atoms with Crippen molar-refractivity contribution in [2.75, 3.05) is 26.7 Å². The van der Waals surface area contributed by atoms with Gasteiger partial charge >= 0.3 is 5.97 Å². The Morgan fingerprint density at radius 2 is 1.80 bits per heavy atom. The highest BCUT2D eigenvalue weighted by atomic mass is 16.5. The quantitative estimate of drug-likeness (QED) is 0.692. The molecule has 0 N–H and O–H groups in total. The van der Waals surface area contributed by atoms with Crippen molar-refractivity contribution in [1.82, 2.24) is 9.47 Å². The monoisotopic (exact) mass is 342 g/mol. The van der Waals surface area contributed by atoms with Crippen LogP contribution in [0.15, 0.2) is 47.4 Å². The van der Waals surface area contributed by atoms with Gasteiger partial charge in [-0.2, -0.15) is 0 Å². The van der Waals surface area contributed by atoms with Crippen molar-refractivity contribution in [2.24, 2.45) is 0 Å². The number of methoxy groups -OCH3 is 1. The van der Waals surface area contributed by atoms with E-state index in [-0.39, 0.29) is 11.5 Å². The molecular formula is C20H26N2O3. The van der Waals surface area contributed by atoms with E-state index in [1.54, 1.807) is 28.8 Å². The predicted molar refractivity (Wildman–Crippen MR) is 99.9 cm³/mol. The molecule has 134 valence electrons. The van der Waals surface area contributed by atoms with Crippen LogP contribution in [0.2, 0.25) is 0 Å². The largest absolute Gasteiger partial charge is 0.465 e. The van der Waals surface area contributed by atoms with Crippen LogP contribution in [0.1, 0.15) is 30.6 Å². The molecule has 0 aliphatic heterocycles. The number of pyridine rings is 1. The second kappa shape index (κ2) is 9.18. The molecule has 0 radical (unpaired) electrons. The van der Waals surface area contributed by atoms with Crippen LogP contribution < -0.4 is 5.56 Å². The third-order valence-corrected chi connectivity index (χ3v) is 4.40. The van der Waals surface area contributed by atoms with Crippen molar-refractivity contribution in [3.63, 3.8) is 0 Å². The van der Waals surface area contributed by atoms with Crippen molar-refractivity contribution in [3.05, 3.63) is 58.5 Å². The fraction of sp³-hybridized carbons (Fsp3) is 0.400. The van der Waals surface area contributed by atoms with Crippen LogP contribution in [0.4, 0.5) is 0 Å². The van der Waals surface area contributed by atoms with Gasteiger partial charge in [-0.25, -0.2) is 4.79 Å². The zero-order chi connectivity index (χ0) is 18.2. The Kier molecular flexibility index (Phi) is 6.95. The van der Waals surface area contributed by atoms with E-state index in [0.717, 1.165) is 31.6 Å².